The summed E-state index contributed by atoms with van der Waals surface area (Å²) in [4.78, 5) is 0. The van der Waals surface area contributed by atoms with E-state index >= 15 is 0 Å². The van der Waals surface area contributed by atoms with Crippen molar-refractivity contribution in [3.8, 4) is 11.5 Å². The van der Waals surface area contributed by atoms with Gasteiger partial charge in [-0.05, 0) is 37.8 Å². The molecule has 37 heavy (non-hydrogen) atoms. The number of ether oxygens (including phenoxy) is 6. The standard InChI is InChI=1S/C22H37ClO12S2/c23-21-6-5-20(34-15-13-32-11-9-30-7-1-3-17-36(24,25)26)19-22(21)35-16-14-33-12-10-31-8-2-4-18-37(27,28)29/h5-6,19H,1-4,7-18H2,(H,24,25,26)(H,27,28,29). The third-order valence-electron chi connectivity index (χ3n) is 4.51. The van der Waals surface area contributed by atoms with Crippen LogP contribution in [0.2, 0.25) is 5.02 Å². The van der Waals surface area contributed by atoms with Gasteiger partial charge in [-0.3, -0.25) is 9.11 Å². The lowest BCUT2D eigenvalue weighted by Crippen LogP contribution is -2.12. The Kier molecular flexibility index (Phi) is 18.1. The van der Waals surface area contributed by atoms with Crippen LogP contribution >= 0.6 is 11.6 Å². The maximum atomic E-state index is 10.6. The molecule has 12 nitrogen and oxygen atoms in total. The van der Waals surface area contributed by atoms with Crippen molar-refractivity contribution in [1.29, 1.82) is 0 Å². The molecule has 0 bridgehead atoms. The Morgan fingerprint density at radius 3 is 1.51 bits per heavy atom. The Bertz CT molecular complexity index is 941. The Labute approximate surface area is 224 Å². The number of benzene rings is 1. The minimum absolute atomic E-state index is 0.266. The van der Waals surface area contributed by atoms with Crippen LogP contribution in [0, 0.1) is 0 Å². The number of hydrogen-bond acceptors (Lipinski definition) is 10. The van der Waals surface area contributed by atoms with Gasteiger partial charge in [-0.25, -0.2) is 0 Å². The summed E-state index contributed by atoms with van der Waals surface area (Å²) in [7, 11) is -7.83. The summed E-state index contributed by atoms with van der Waals surface area (Å²) in [5, 5.41) is 0.436. The first-order chi connectivity index (χ1) is 17.6. The summed E-state index contributed by atoms with van der Waals surface area (Å²) < 4.78 is 92.4. The largest absolute Gasteiger partial charge is 0.491 e. The van der Waals surface area contributed by atoms with Gasteiger partial charge in [-0.15, -0.1) is 0 Å². The molecular weight excluding hydrogens is 556 g/mol. The molecule has 0 unspecified atom stereocenters. The first-order valence-corrected chi connectivity index (χ1v) is 15.4. The highest BCUT2D eigenvalue weighted by Crippen LogP contribution is 2.29. The van der Waals surface area contributed by atoms with Gasteiger partial charge in [0, 0.05) is 19.3 Å². The van der Waals surface area contributed by atoms with Gasteiger partial charge < -0.3 is 28.4 Å². The highest BCUT2D eigenvalue weighted by atomic mass is 35.5. The van der Waals surface area contributed by atoms with E-state index in [1.165, 1.54) is 0 Å². The van der Waals surface area contributed by atoms with Crippen LogP contribution in [0.25, 0.3) is 0 Å². The predicted molar refractivity (Wildman–Crippen MR) is 137 cm³/mol. The molecule has 0 saturated carbocycles. The molecule has 1 rings (SSSR count). The molecule has 0 aliphatic heterocycles. The van der Waals surface area contributed by atoms with E-state index in [0.29, 0.717) is 102 Å². The average Bonchev–Trinajstić information content (AvgIpc) is 2.81. The molecule has 0 spiro atoms. The summed E-state index contributed by atoms with van der Waals surface area (Å²) in [6, 6.07) is 5.06. The Morgan fingerprint density at radius 2 is 1.03 bits per heavy atom. The molecule has 0 radical (unpaired) electrons. The lowest BCUT2D eigenvalue weighted by atomic mass is 10.3. The van der Waals surface area contributed by atoms with Gasteiger partial charge >= 0.3 is 0 Å². The number of rotatable bonds is 24. The predicted octanol–water partition coefficient (Wildman–Crippen LogP) is 2.50. The van der Waals surface area contributed by atoms with Gasteiger partial charge in [0.15, 0.2) is 0 Å². The van der Waals surface area contributed by atoms with E-state index < -0.39 is 20.2 Å². The first kappa shape index (κ1) is 33.8. The van der Waals surface area contributed by atoms with Crippen molar-refractivity contribution in [2.45, 2.75) is 25.7 Å². The molecular formula is C22H37ClO12S2. The van der Waals surface area contributed by atoms with Gasteiger partial charge in [-0.2, -0.15) is 16.8 Å². The number of halogens is 1. The first-order valence-electron chi connectivity index (χ1n) is 11.8. The molecule has 0 atom stereocenters. The molecule has 0 amide bonds. The number of unbranched alkanes of at least 4 members (excludes halogenated alkanes) is 2. The second kappa shape index (κ2) is 19.8. The van der Waals surface area contributed by atoms with Crippen LogP contribution in [0.3, 0.4) is 0 Å². The van der Waals surface area contributed by atoms with Crippen LogP contribution < -0.4 is 9.47 Å². The monoisotopic (exact) mass is 592 g/mol. The van der Waals surface area contributed by atoms with Crippen molar-refractivity contribution < 1.29 is 54.4 Å². The van der Waals surface area contributed by atoms with Gasteiger partial charge in [0.05, 0.1) is 56.2 Å². The van der Waals surface area contributed by atoms with Gasteiger partial charge in [0.1, 0.15) is 24.7 Å². The minimum Gasteiger partial charge on any atom is -0.491 e. The Balaban J connectivity index is 2.03. The molecule has 0 aromatic heterocycles. The topological polar surface area (TPSA) is 164 Å². The molecule has 0 aliphatic rings. The second-order valence-electron chi connectivity index (χ2n) is 7.72. The zero-order valence-corrected chi connectivity index (χ0v) is 23.1. The molecule has 15 heteroatoms. The van der Waals surface area contributed by atoms with Crippen LogP contribution in [-0.2, 0) is 39.2 Å². The lowest BCUT2D eigenvalue weighted by molar-refractivity contribution is 0.0348. The van der Waals surface area contributed by atoms with Crippen molar-refractivity contribution in [1.82, 2.24) is 0 Å². The fraction of sp³-hybridized carbons (Fsp3) is 0.727. The summed E-state index contributed by atoms with van der Waals surface area (Å²) in [5.41, 5.74) is 0. The van der Waals surface area contributed by atoms with Crippen molar-refractivity contribution in [3.05, 3.63) is 23.2 Å². The fourth-order valence-electron chi connectivity index (χ4n) is 2.73. The van der Waals surface area contributed by atoms with Crippen LogP contribution in [0.15, 0.2) is 18.2 Å². The summed E-state index contributed by atoms with van der Waals surface area (Å²) in [5.74, 6) is 0.496. The van der Waals surface area contributed by atoms with E-state index in [9.17, 15) is 16.8 Å². The lowest BCUT2D eigenvalue weighted by Gasteiger charge is -2.12. The van der Waals surface area contributed by atoms with Crippen LogP contribution in [0.4, 0.5) is 0 Å². The zero-order valence-electron chi connectivity index (χ0n) is 20.7. The number of hydrogen-bond donors (Lipinski definition) is 2. The molecule has 1 aromatic carbocycles. The van der Waals surface area contributed by atoms with E-state index in [-0.39, 0.29) is 18.1 Å². The zero-order chi connectivity index (χ0) is 27.4. The Morgan fingerprint density at radius 1 is 0.595 bits per heavy atom. The van der Waals surface area contributed by atoms with Gasteiger partial charge in [0.2, 0.25) is 0 Å². The smallest absolute Gasteiger partial charge is 0.264 e. The van der Waals surface area contributed by atoms with Gasteiger partial charge in [-0.1, -0.05) is 11.6 Å². The van der Waals surface area contributed by atoms with Crippen molar-refractivity contribution >= 4 is 31.8 Å². The van der Waals surface area contributed by atoms with Crippen LogP contribution in [0.1, 0.15) is 25.7 Å². The molecule has 0 fully saturated rings. The molecule has 216 valence electrons. The summed E-state index contributed by atoms with van der Waals surface area (Å²) >= 11 is 6.16. The normalized spacial score (nSPS) is 12.1. The SMILES string of the molecule is O=S(=O)(O)CCCCOCCOCCOc1ccc(Cl)c(OCCOCCOCCCCS(=O)(=O)O)c1. The van der Waals surface area contributed by atoms with Crippen molar-refractivity contribution in [3.63, 3.8) is 0 Å². The summed E-state index contributed by atoms with van der Waals surface area (Å²) in [6.07, 6.45) is 1.75. The molecule has 2 N–H and O–H groups in total. The van der Waals surface area contributed by atoms with Gasteiger partial charge in [0.25, 0.3) is 20.2 Å². The maximum Gasteiger partial charge on any atom is 0.264 e. The quantitative estimate of drug-likeness (QED) is 0.133. The second-order valence-corrected chi connectivity index (χ2v) is 11.3. The van der Waals surface area contributed by atoms with E-state index in [4.69, 9.17) is 49.1 Å². The summed E-state index contributed by atoms with van der Waals surface area (Å²) in [6.45, 7) is 3.50. The molecule has 0 saturated heterocycles. The van der Waals surface area contributed by atoms with Crippen molar-refractivity contribution in [2.75, 3.05) is 77.6 Å². The fourth-order valence-corrected chi connectivity index (χ4v) is 4.04. The molecule has 1 aromatic rings. The van der Waals surface area contributed by atoms with Crippen molar-refractivity contribution in [2.24, 2.45) is 0 Å². The third kappa shape index (κ3) is 21.4. The average molecular weight is 593 g/mol. The van der Waals surface area contributed by atoms with Crippen LogP contribution in [0.5, 0.6) is 11.5 Å². The highest BCUT2D eigenvalue weighted by Gasteiger charge is 2.06. The van der Waals surface area contributed by atoms with Crippen LogP contribution in [-0.4, -0.2) is 104 Å². The van der Waals surface area contributed by atoms with E-state index in [0.717, 1.165) is 0 Å². The maximum absolute atomic E-state index is 10.6. The van der Waals surface area contributed by atoms with E-state index in [1.807, 2.05) is 0 Å². The highest BCUT2D eigenvalue weighted by molar-refractivity contribution is 7.86. The minimum atomic E-state index is -3.92. The molecule has 0 aliphatic carbocycles. The Hall–Kier alpha value is -1.23. The third-order valence-corrected chi connectivity index (χ3v) is 6.43. The van der Waals surface area contributed by atoms with E-state index in [1.54, 1.807) is 18.2 Å². The van der Waals surface area contributed by atoms with E-state index in [2.05, 4.69) is 0 Å². The molecule has 0 heterocycles.